The zero-order valence-corrected chi connectivity index (χ0v) is 18.9. The summed E-state index contributed by atoms with van der Waals surface area (Å²) in [5.41, 5.74) is 1.38. The summed E-state index contributed by atoms with van der Waals surface area (Å²) < 4.78 is 0. The van der Waals surface area contributed by atoms with Gasteiger partial charge in [-0.25, -0.2) is 4.98 Å². The zero-order valence-electron chi connectivity index (χ0n) is 14.9. The number of hydrogen-bond donors (Lipinski definition) is 2. The molecule has 138 valence electrons. The average molecular weight is 483 g/mol. The van der Waals surface area contributed by atoms with Crippen LogP contribution in [0, 0.1) is 0 Å². The van der Waals surface area contributed by atoms with Crippen molar-refractivity contribution in [1.82, 2.24) is 15.6 Å². The molecule has 1 aromatic rings. The number of guanidine groups is 1. The lowest BCUT2D eigenvalue weighted by Gasteiger charge is -2.11. The molecule has 1 aliphatic carbocycles. The van der Waals surface area contributed by atoms with Crippen LogP contribution in [0.3, 0.4) is 0 Å². The van der Waals surface area contributed by atoms with E-state index >= 15 is 0 Å². The summed E-state index contributed by atoms with van der Waals surface area (Å²) in [6.07, 6.45) is 11.9. The van der Waals surface area contributed by atoms with Crippen molar-refractivity contribution in [3.63, 3.8) is 0 Å². The summed E-state index contributed by atoms with van der Waals surface area (Å²) in [5.74, 6) is 2.17. The van der Waals surface area contributed by atoms with E-state index in [-0.39, 0.29) is 24.0 Å². The first-order chi connectivity index (χ1) is 11.3. The second kappa shape index (κ2) is 13.2. The highest BCUT2D eigenvalue weighted by atomic mass is 127. The first kappa shape index (κ1) is 22.0. The number of thiazole rings is 1. The Balaban J connectivity index is 0.00000288. The first-order valence-corrected chi connectivity index (χ1v) is 11.0. The second-order valence-electron chi connectivity index (χ2n) is 5.91. The standard InChI is InChI=1S/C17H30N4S2.HI/c1-18-17(19-11-5-6-13-22-2)20-12-7-10-16-21-14-8-3-4-9-15(14)23-16;/h3-13H2,1-2H3,(H2,18,19,20);1H. The van der Waals surface area contributed by atoms with Crippen molar-refractivity contribution in [2.75, 3.05) is 32.1 Å². The number of nitrogens with zero attached hydrogens (tertiary/aromatic N) is 2. The summed E-state index contributed by atoms with van der Waals surface area (Å²) in [7, 11) is 1.84. The summed E-state index contributed by atoms with van der Waals surface area (Å²) in [4.78, 5) is 10.6. The molecule has 0 spiro atoms. The summed E-state index contributed by atoms with van der Waals surface area (Å²) in [6.45, 7) is 1.95. The van der Waals surface area contributed by atoms with E-state index in [1.54, 1.807) is 4.88 Å². The highest BCUT2D eigenvalue weighted by Gasteiger charge is 2.14. The van der Waals surface area contributed by atoms with Gasteiger partial charge < -0.3 is 10.6 Å². The van der Waals surface area contributed by atoms with Gasteiger partial charge >= 0.3 is 0 Å². The lowest BCUT2D eigenvalue weighted by atomic mass is 10.0. The molecule has 24 heavy (non-hydrogen) atoms. The molecule has 0 saturated heterocycles. The van der Waals surface area contributed by atoms with Crippen LogP contribution in [0.4, 0.5) is 0 Å². The van der Waals surface area contributed by atoms with Crippen LogP contribution >= 0.6 is 47.1 Å². The Morgan fingerprint density at radius 2 is 1.92 bits per heavy atom. The van der Waals surface area contributed by atoms with E-state index < -0.39 is 0 Å². The normalized spacial score (nSPS) is 14.0. The number of aryl methyl sites for hydroxylation is 3. The minimum Gasteiger partial charge on any atom is -0.356 e. The van der Waals surface area contributed by atoms with Crippen LogP contribution in [0.15, 0.2) is 4.99 Å². The van der Waals surface area contributed by atoms with Crippen molar-refractivity contribution in [2.45, 2.75) is 51.4 Å². The van der Waals surface area contributed by atoms with E-state index in [1.807, 2.05) is 30.1 Å². The average Bonchev–Trinajstić information content (AvgIpc) is 2.99. The number of halogens is 1. The van der Waals surface area contributed by atoms with Gasteiger partial charge in [-0.3, -0.25) is 4.99 Å². The minimum atomic E-state index is 0. The molecule has 2 N–H and O–H groups in total. The predicted molar refractivity (Wildman–Crippen MR) is 119 cm³/mol. The topological polar surface area (TPSA) is 49.3 Å². The van der Waals surface area contributed by atoms with Gasteiger partial charge in [0.25, 0.3) is 0 Å². The Morgan fingerprint density at radius 3 is 2.62 bits per heavy atom. The van der Waals surface area contributed by atoms with Gasteiger partial charge in [-0.2, -0.15) is 11.8 Å². The largest absolute Gasteiger partial charge is 0.356 e. The van der Waals surface area contributed by atoms with Crippen LogP contribution in [0.5, 0.6) is 0 Å². The molecule has 0 aromatic carbocycles. The molecule has 0 fully saturated rings. The van der Waals surface area contributed by atoms with Crippen molar-refractivity contribution in [2.24, 2.45) is 4.99 Å². The molecular formula is C17H31IN4S2. The fourth-order valence-electron chi connectivity index (χ4n) is 2.76. The Bertz CT molecular complexity index is 467. The molecule has 7 heteroatoms. The third-order valence-electron chi connectivity index (χ3n) is 4.04. The third-order valence-corrected chi connectivity index (χ3v) is 5.96. The molecule has 0 atom stereocenters. The van der Waals surface area contributed by atoms with E-state index in [0.717, 1.165) is 31.9 Å². The SMILES string of the molecule is CN=C(NCCCCSC)NCCCc1nc2c(s1)CCCC2.I. The smallest absolute Gasteiger partial charge is 0.190 e. The molecule has 1 heterocycles. The summed E-state index contributed by atoms with van der Waals surface area (Å²) >= 11 is 3.85. The van der Waals surface area contributed by atoms with Gasteiger partial charge in [0.15, 0.2) is 5.96 Å². The Kier molecular flexibility index (Phi) is 12.1. The van der Waals surface area contributed by atoms with Crippen molar-refractivity contribution < 1.29 is 0 Å². The number of rotatable bonds is 9. The molecule has 4 nitrogen and oxygen atoms in total. The molecule has 0 unspecified atom stereocenters. The van der Waals surface area contributed by atoms with E-state index in [1.165, 1.54) is 55.0 Å². The molecule has 2 rings (SSSR count). The third kappa shape index (κ3) is 7.91. The maximum Gasteiger partial charge on any atom is 0.190 e. The molecule has 0 aliphatic heterocycles. The Labute approximate surface area is 172 Å². The van der Waals surface area contributed by atoms with Gasteiger partial charge in [-0.1, -0.05) is 0 Å². The van der Waals surface area contributed by atoms with Gasteiger partial charge in [0, 0.05) is 31.4 Å². The number of fused-ring (bicyclic) bond motifs is 1. The molecule has 0 radical (unpaired) electrons. The van der Waals surface area contributed by atoms with E-state index in [2.05, 4.69) is 21.9 Å². The zero-order chi connectivity index (χ0) is 16.3. The van der Waals surface area contributed by atoms with Gasteiger partial charge in [0.1, 0.15) is 0 Å². The van der Waals surface area contributed by atoms with Crippen LogP contribution in [0.1, 0.15) is 47.7 Å². The number of aliphatic imine (C=N–C) groups is 1. The van der Waals surface area contributed by atoms with Crippen LogP contribution < -0.4 is 10.6 Å². The Morgan fingerprint density at radius 1 is 1.17 bits per heavy atom. The van der Waals surface area contributed by atoms with E-state index in [0.29, 0.717) is 0 Å². The molecule has 1 aromatic heterocycles. The highest BCUT2D eigenvalue weighted by Crippen LogP contribution is 2.27. The van der Waals surface area contributed by atoms with Crippen LogP contribution in [0.2, 0.25) is 0 Å². The van der Waals surface area contributed by atoms with Crippen LogP contribution in [-0.2, 0) is 19.3 Å². The van der Waals surface area contributed by atoms with Gasteiger partial charge in [-0.15, -0.1) is 35.3 Å². The van der Waals surface area contributed by atoms with Crippen molar-refractivity contribution in [1.29, 1.82) is 0 Å². The fourth-order valence-corrected chi connectivity index (χ4v) is 4.45. The van der Waals surface area contributed by atoms with Gasteiger partial charge in [-0.05, 0) is 57.0 Å². The van der Waals surface area contributed by atoms with Crippen molar-refractivity contribution in [3.05, 3.63) is 15.6 Å². The maximum atomic E-state index is 4.81. The monoisotopic (exact) mass is 482 g/mol. The van der Waals surface area contributed by atoms with Gasteiger partial charge in [0.2, 0.25) is 0 Å². The van der Waals surface area contributed by atoms with E-state index in [9.17, 15) is 0 Å². The second-order valence-corrected chi connectivity index (χ2v) is 8.07. The van der Waals surface area contributed by atoms with Crippen LogP contribution in [0.25, 0.3) is 0 Å². The molecule has 0 saturated carbocycles. The lowest BCUT2D eigenvalue weighted by Crippen LogP contribution is -2.38. The molecule has 1 aliphatic rings. The van der Waals surface area contributed by atoms with E-state index in [4.69, 9.17) is 4.98 Å². The predicted octanol–water partition coefficient (Wildman–Crippen LogP) is 3.88. The molecular weight excluding hydrogens is 451 g/mol. The quantitative estimate of drug-likeness (QED) is 0.243. The summed E-state index contributed by atoms with van der Waals surface area (Å²) in [6, 6.07) is 0. The molecule has 0 amide bonds. The number of thioether (sulfide) groups is 1. The Hall–Kier alpha value is -0.0200. The number of nitrogens with one attached hydrogen (secondary N) is 2. The lowest BCUT2D eigenvalue weighted by molar-refractivity contribution is 0.677. The van der Waals surface area contributed by atoms with Crippen molar-refractivity contribution in [3.8, 4) is 0 Å². The number of aromatic nitrogens is 1. The fraction of sp³-hybridized carbons (Fsp3) is 0.765. The summed E-state index contributed by atoms with van der Waals surface area (Å²) in [5, 5.41) is 8.10. The van der Waals surface area contributed by atoms with Crippen molar-refractivity contribution >= 4 is 53.0 Å². The first-order valence-electron chi connectivity index (χ1n) is 8.74. The molecule has 0 bridgehead atoms. The maximum absolute atomic E-state index is 4.81. The number of unbranched alkanes of at least 4 members (excludes halogenated alkanes) is 1. The van der Waals surface area contributed by atoms with Crippen LogP contribution in [-0.4, -0.2) is 43.1 Å². The number of hydrogen-bond acceptors (Lipinski definition) is 4. The van der Waals surface area contributed by atoms with Gasteiger partial charge in [0.05, 0.1) is 10.7 Å². The highest BCUT2D eigenvalue weighted by molar-refractivity contribution is 14.0. The minimum absolute atomic E-state index is 0.